The molecule has 2 heterocycles. The van der Waals surface area contributed by atoms with Crippen LogP contribution in [-0.2, 0) is 24.4 Å². The van der Waals surface area contributed by atoms with E-state index in [4.69, 9.17) is 10.5 Å². The van der Waals surface area contributed by atoms with Gasteiger partial charge < -0.3 is 25.5 Å². The third-order valence-corrected chi connectivity index (χ3v) is 7.11. The third-order valence-electron chi connectivity index (χ3n) is 7.11. The van der Waals surface area contributed by atoms with Crippen molar-refractivity contribution in [2.45, 2.75) is 77.7 Å². The zero-order chi connectivity index (χ0) is 22.6. The summed E-state index contributed by atoms with van der Waals surface area (Å²) in [4.78, 5) is 25.2. The molecule has 1 fully saturated rings. The Hall–Kier alpha value is -2.64. The summed E-state index contributed by atoms with van der Waals surface area (Å²) in [5.74, 6) is -0.293. The average molecular weight is 438 g/mol. The van der Waals surface area contributed by atoms with E-state index < -0.39 is 5.91 Å². The number of hydrogen-bond donors (Lipinski definition) is 3. The van der Waals surface area contributed by atoms with Crippen LogP contribution >= 0.6 is 0 Å². The minimum atomic E-state index is -0.477. The Bertz CT molecular complexity index is 1090. The molecule has 3 aliphatic rings. The van der Waals surface area contributed by atoms with Gasteiger partial charge in [0.05, 0.1) is 30.6 Å². The zero-order valence-electron chi connectivity index (χ0n) is 18.7. The van der Waals surface area contributed by atoms with Gasteiger partial charge in [0.1, 0.15) is 0 Å². The van der Waals surface area contributed by atoms with Crippen LogP contribution in [0.25, 0.3) is 5.69 Å². The predicted molar refractivity (Wildman–Crippen MR) is 121 cm³/mol. The van der Waals surface area contributed by atoms with Gasteiger partial charge in [0.25, 0.3) is 5.91 Å². The highest BCUT2D eigenvalue weighted by molar-refractivity contribution is 6.01. The molecule has 5 rings (SSSR count). The molecule has 4 N–H and O–H groups in total. The van der Waals surface area contributed by atoms with Crippen LogP contribution in [0.5, 0.6) is 0 Å². The van der Waals surface area contributed by atoms with Gasteiger partial charge >= 0.3 is 0 Å². The molecule has 7 nitrogen and oxygen atoms in total. The predicted octanol–water partition coefficient (Wildman–Crippen LogP) is 3.48. The molecule has 32 heavy (non-hydrogen) atoms. The number of aromatic nitrogens is 1. The number of primary amides is 1. The SMILES string of the molecule is CC1(C)CC(=O)c2c3c(n(-c4ccc(C(N)=O)c(NC5CCC(O)CC5)c4)c2C1)COC3. The number of amides is 1. The lowest BCUT2D eigenvalue weighted by Gasteiger charge is -2.31. The summed E-state index contributed by atoms with van der Waals surface area (Å²) in [7, 11) is 0. The van der Waals surface area contributed by atoms with Crippen LogP contribution in [0.15, 0.2) is 18.2 Å². The lowest BCUT2D eigenvalue weighted by atomic mass is 9.75. The maximum absolute atomic E-state index is 13.0. The first-order chi connectivity index (χ1) is 15.2. The summed E-state index contributed by atoms with van der Waals surface area (Å²) < 4.78 is 7.88. The highest BCUT2D eigenvalue weighted by Gasteiger charge is 2.39. The van der Waals surface area contributed by atoms with E-state index in [2.05, 4.69) is 23.7 Å². The molecule has 7 heteroatoms. The quantitative estimate of drug-likeness (QED) is 0.679. The van der Waals surface area contributed by atoms with E-state index >= 15 is 0 Å². The number of nitrogens with zero attached hydrogens (tertiary/aromatic N) is 1. The van der Waals surface area contributed by atoms with Gasteiger partial charge in [-0.25, -0.2) is 0 Å². The van der Waals surface area contributed by atoms with Crippen LogP contribution in [0, 0.1) is 5.41 Å². The van der Waals surface area contributed by atoms with Gasteiger partial charge in [-0.05, 0) is 55.7 Å². The monoisotopic (exact) mass is 437 g/mol. The minimum Gasteiger partial charge on any atom is -0.393 e. The minimum absolute atomic E-state index is 0.105. The summed E-state index contributed by atoms with van der Waals surface area (Å²) in [6.07, 6.45) is 4.28. The lowest BCUT2D eigenvalue weighted by Crippen LogP contribution is -2.29. The number of ether oxygens (including phenoxy) is 1. The van der Waals surface area contributed by atoms with Crippen molar-refractivity contribution < 1.29 is 19.4 Å². The molecule has 2 aliphatic carbocycles. The Kier molecular flexibility index (Phi) is 5.13. The van der Waals surface area contributed by atoms with Crippen molar-refractivity contribution in [3.8, 4) is 5.69 Å². The fourth-order valence-corrected chi connectivity index (χ4v) is 5.58. The molecule has 1 saturated carbocycles. The number of aliphatic hydroxyl groups excluding tert-OH is 1. The highest BCUT2D eigenvalue weighted by Crippen LogP contribution is 2.42. The Balaban J connectivity index is 1.59. The Labute approximate surface area is 187 Å². The van der Waals surface area contributed by atoms with E-state index in [0.29, 0.717) is 30.9 Å². The van der Waals surface area contributed by atoms with Crippen molar-refractivity contribution in [3.05, 3.63) is 46.3 Å². The number of fused-ring (bicyclic) bond motifs is 3. The molecular weight excluding hydrogens is 406 g/mol. The van der Waals surface area contributed by atoms with Gasteiger partial charge in [-0.2, -0.15) is 0 Å². The fourth-order valence-electron chi connectivity index (χ4n) is 5.58. The van der Waals surface area contributed by atoms with Gasteiger partial charge in [-0.1, -0.05) is 13.8 Å². The number of Topliss-reactive ketones (excluding diaryl/α,β-unsaturated/α-hetero) is 1. The number of benzene rings is 1. The van der Waals surface area contributed by atoms with Gasteiger partial charge in [-0.15, -0.1) is 0 Å². The van der Waals surface area contributed by atoms with Crippen molar-refractivity contribution in [2.24, 2.45) is 11.1 Å². The van der Waals surface area contributed by atoms with Crippen LogP contribution in [0.3, 0.4) is 0 Å². The summed E-state index contributed by atoms with van der Waals surface area (Å²) >= 11 is 0. The first kappa shape index (κ1) is 21.2. The summed E-state index contributed by atoms with van der Waals surface area (Å²) in [6.45, 7) is 5.20. The third kappa shape index (κ3) is 3.63. The van der Waals surface area contributed by atoms with Gasteiger partial charge in [-0.3, -0.25) is 9.59 Å². The van der Waals surface area contributed by atoms with E-state index in [0.717, 1.165) is 60.3 Å². The fraction of sp³-hybridized carbons (Fsp3) is 0.520. The van der Waals surface area contributed by atoms with Crippen molar-refractivity contribution in [1.29, 1.82) is 0 Å². The number of carbonyl (C=O) groups is 2. The Morgan fingerprint density at radius 2 is 1.91 bits per heavy atom. The second-order valence-electron chi connectivity index (χ2n) is 10.3. The van der Waals surface area contributed by atoms with Crippen LogP contribution < -0.4 is 11.1 Å². The first-order valence-corrected chi connectivity index (χ1v) is 11.5. The van der Waals surface area contributed by atoms with E-state index in [1.165, 1.54) is 0 Å². The normalized spacial score (nSPS) is 24.2. The number of nitrogens with two attached hydrogens (primary N) is 1. The molecule has 0 spiro atoms. The topological polar surface area (TPSA) is 107 Å². The standard InChI is InChI=1S/C25H31N3O4/c1-25(2)10-20-23(22(30)11-25)18-12-32-13-21(18)28(20)15-5-8-17(24(26)31)19(9-15)27-14-3-6-16(29)7-4-14/h5,8-9,14,16,27,29H,3-4,6-7,10-13H2,1-2H3,(H2,26,31). The molecule has 1 aliphatic heterocycles. The number of anilines is 1. The first-order valence-electron chi connectivity index (χ1n) is 11.5. The number of hydrogen-bond acceptors (Lipinski definition) is 5. The molecule has 1 aromatic heterocycles. The van der Waals surface area contributed by atoms with Crippen molar-refractivity contribution >= 4 is 17.4 Å². The van der Waals surface area contributed by atoms with Gasteiger partial charge in [0.15, 0.2) is 5.78 Å². The number of carbonyl (C=O) groups excluding carboxylic acids is 2. The Morgan fingerprint density at radius 3 is 2.62 bits per heavy atom. The molecular formula is C25H31N3O4. The maximum Gasteiger partial charge on any atom is 0.250 e. The molecule has 1 aromatic carbocycles. The number of rotatable bonds is 4. The highest BCUT2D eigenvalue weighted by atomic mass is 16.5. The van der Waals surface area contributed by atoms with Crippen molar-refractivity contribution in [3.63, 3.8) is 0 Å². The smallest absolute Gasteiger partial charge is 0.250 e. The maximum atomic E-state index is 13.0. The van der Waals surface area contributed by atoms with E-state index in [9.17, 15) is 14.7 Å². The zero-order valence-corrected chi connectivity index (χ0v) is 18.7. The molecule has 2 aromatic rings. The lowest BCUT2D eigenvalue weighted by molar-refractivity contribution is 0.0899. The molecule has 1 amide bonds. The number of ketones is 1. The largest absolute Gasteiger partial charge is 0.393 e. The van der Waals surface area contributed by atoms with E-state index in [1.54, 1.807) is 6.07 Å². The van der Waals surface area contributed by atoms with Gasteiger partial charge in [0.2, 0.25) is 0 Å². The summed E-state index contributed by atoms with van der Waals surface area (Å²) in [5, 5.41) is 13.3. The van der Waals surface area contributed by atoms with Gasteiger partial charge in [0, 0.05) is 40.7 Å². The average Bonchev–Trinajstić information content (AvgIpc) is 3.28. The van der Waals surface area contributed by atoms with Crippen molar-refractivity contribution in [2.75, 3.05) is 5.32 Å². The van der Waals surface area contributed by atoms with Crippen LogP contribution in [0.4, 0.5) is 5.69 Å². The second kappa shape index (κ2) is 7.74. The van der Waals surface area contributed by atoms with E-state index in [1.807, 2.05) is 12.1 Å². The molecule has 0 atom stereocenters. The number of aliphatic hydroxyl groups is 1. The summed E-state index contributed by atoms with van der Waals surface area (Å²) in [5.41, 5.74) is 11.5. The second-order valence-corrected chi connectivity index (χ2v) is 10.3. The summed E-state index contributed by atoms with van der Waals surface area (Å²) in [6, 6.07) is 5.82. The van der Waals surface area contributed by atoms with Crippen LogP contribution in [-0.4, -0.2) is 33.5 Å². The van der Waals surface area contributed by atoms with Crippen LogP contribution in [0.2, 0.25) is 0 Å². The molecule has 0 bridgehead atoms. The number of nitrogens with one attached hydrogen (secondary N) is 1. The molecule has 170 valence electrons. The van der Waals surface area contributed by atoms with E-state index in [-0.39, 0.29) is 23.3 Å². The molecule has 0 unspecified atom stereocenters. The molecule has 0 saturated heterocycles. The Morgan fingerprint density at radius 1 is 1.16 bits per heavy atom. The molecule has 0 radical (unpaired) electrons. The van der Waals surface area contributed by atoms with Crippen LogP contribution in [0.1, 0.15) is 83.6 Å². The van der Waals surface area contributed by atoms with Crippen molar-refractivity contribution in [1.82, 2.24) is 4.57 Å².